The molecule has 0 saturated heterocycles. The molecule has 0 atom stereocenters. The van der Waals surface area contributed by atoms with Crippen LogP contribution in [0.25, 0.3) is 11.5 Å². The fourth-order valence-corrected chi connectivity index (χ4v) is 2.86. The standard InChI is InChI=1S/C17H17N3O4S/c1-20(10-12-6-5-9-23-12)15(21)11-25-17-19-18-16(24-17)13-7-3-4-8-14(13)22-2/h3-9H,10-11H2,1-2H3. The van der Waals surface area contributed by atoms with Crippen molar-refractivity contribution in [3.63, 3.8) is 0 Å². The lowest BCUT2D eigenvalue weighted by Gasteiger charge is -2.14. The molecule has 3 rings (SSSR count). The van der Waals surface area contributed by atoms with Gasteiger partial charge in [-0.15, -0.1) is 10.2 Å². The average molecular weight is 359 g/mol. The number of thioether (sulfide) groups is 1. The Bertz CT molecular complexity index is 832. The number of amides is 1. The minimum absolute atomic E-state index is 0.0570. The molecule has 0 aliphatic carbocycles. The van der Waals surface area contributed by atoms with E-state index in [4.69, 9.17) is 13.6 Å². The van der Waals surface area contributed by atoms with Gasteiger partial charge in [-0.05, 0) is 24.3 Å². The van der Waals surface area contributed by atoms with Gasteiger partial charge in [-0.25, -0.2) is 0 Å². The van der Waals surface area contributed by atoms with Gasteiger partial charge in [-0.2, -0.15) is 0 Å². The van der Waals surface area contributed by atoms with E-state index >= 15 is 0 Å². The summed E-state index contributed by atoms with van der Waals surface area (Å²) < 4.78 is 16.1. The topological polar surface area (TPSA) is 81.6 Å². The minimum atomic E-state index is -0.0570. The Morgan fingerprint density at radius 1 is 1.24 bits per heavy atom. The van der Waals surface area contributed by atoms with E-state index in [-0.39, 0.29) is 11.7 Å². The van der Waals surface area contributed by atoms with Gasteiger partial charge in [0.05, 0.1) is 31.2 Å². The molecule has 0 aliphatic heterocycles. The summed E-state index contributed by atoms with van der Waals surface area (Å²) in [7, 11) is 3.30. The number of benzene rings is 1. The van der Waals surface area contributed by atoms with E-state index in [9.17, 15) is 4.79 Å². The maximum absolute atomic E-state index is 12.2. The van der Waals surface area contributed by atoms with E-state index in [1.54, 1.807) is 31.4 Å². The van der Waals surface area contributed by atoms with Crippen molar-refractivity contribution >= 4 is 17.7 Å². The molecule has 130 valence electrons. The molecule has 1 amide bonds. The van der Waals surface area contributed by atoms with Gasteiger partial charge >= 0.3 is 0 Å². The van der Waals surface area contributed by atoms with Crippen molar-refractivity contribution in [2.24, 2.45) is 0 Å². The molecular weight excluding hydrogens is 342 g/mol. The smallest absolute Gasteiger partial charge is 0.277 e. The number of rotatable bonds is 7. The molecule has 3 aromatic rings. The lowest BCUT2D eigenvalue weighted by Crippen LogP contribution is -2.27. The molecule has 2 aromatic heterocycles. The number of aromatic nitrogens is 2. The number of methoxy groups -OCH3 is 1. The Morgan fingerprint density at radius 3 is 2.84 bits per heavy atom. The molecule has 0 N–H and O–H groups in total. The Morgan fingerprint density at radius 2 is 2.08 bits per heavy atom. The minimum Gasteiger partial charge on any atom is -0.496 e. The number of furan rings is 1. The summed E-state index contributed by atoms with van der Waals surface area (Å²) in [5.41, 5.74) is 0.714. The molecule has 0 fully saturated rings. The quantitative estimate of drug-likeness (QED) is 0.600. The highest BCUT2D eigenvalue weighted by Crippen LogP contribution is 2.30. The molecule has 0 saturated carbocycles. The number of ether oxygens (including phenoxy) is 1. The Labute approximate surface area is 149 Å². The van der Waals surface area contributed by atoms with Crippen LogP contribution in [0.15, 0.2) is 56.7 Å². The van der Waals surface area contributed by atoms with Crippen molar-refractivity contribution in [1.29, 1.82) is 0 Å². The van der Waals surface area contributed by atoms with Crippen molar-refractivity contribution in [3.8, 4) is 17.2 Å². The molecule has 0 spiro atoms. The predicted octanol–water partition coefficient (Wildman–Crippen LogP) is 3.09. The van der Waals surface area contributed by atoms with E-state index < -0.39 is 0 Å². The van der Waals surface area contributed by atoms with Crippen LogP contribution in [-0.2, 0) is 11.3 Å². The van der Waals surface area contributed by atoms with Crippen LogP contribution in [0.3, 0.4) is 0 Å². The van der Waals surface area contributed by atoms with Gasteiger partial charge in [0.1, 0.15) is 11.5 Å². The van der Waals surface area contributed by atoms with E-state index in [0.717, 1.165) is 5.76 Å². The molecule has 0 aliphatic rings. The maximum atomic E-state index is 12.2. The van der Waals surface area contributed by atoms with Gasteiger partial charge in [0.15, 0.2) is 0 Å². The van der Waals surface area contributed by atoms with E-state index in [1.807, 2.05) is 30.3 Å². The number of carbonyl (C=O) groups excluding carboxylic acids is 1. The number of carbonyl (C=O) groups is 1. The molecule has 2 heterocycles. The van der Waals surface area contributed by atoms with Crippen molar-refractivity contribution in [2.75, 3.05) is 19.9 Å². The van der Waals surface area contributed by atoms with Gasteiger partial charge in [0, 0.05) is 7.05 Å². The summed E-state index contributed by atoms with van der Waals surface area (Å²) in [6.45, 7) is 0.419. The van der Waals surface area contributed by atoms with Crippen LogP contribution in [-0.4, -0.2) is 40.9 Å². The monoisotopic (exact) mass is 359 g/mol. The van der Waals surface area contributed by atoms with Crippen LogP contribution in [0.1, 0.15) is 5.76 Å². The van der Waals surface area contributed by atoms with Crippen LogP contribution < -0.4 is 4.74 Å². The van der Waals surface area contributed by atoms with Crippen LogP contribution in [0.5, 0.6) is 5.75 Å². The maximum Gasteiger partial charge on any atom is 0.277 e. The second-order valence-electron chi connectivity index (χ2n) is 5.19. The third-order valence-corrected chi connectivity index (χ3v) is 4.27. The first-order valence-electron chi connectivity index (χ1n) is 7.53. The number of para-hydroxylation sites is 1. The largest absolute Gasteiger partial charge is 0.496 e. The lowest BCUT2D eigenvalue weighted by molar-refractivity contribution is -0.127. The molecule has 1 aromatic carbocycles. The first kappa shape index (κ1) is 17.1. The lowest BCUT2D eigenvalue weighted by atomic mass is 10.2. The second-order valence-corrected chi connectivity index (χ2v) is 6.12. The zero-order valence-corrected chi connectivity index (χ0v) is 14.7. The first-order valence-corrected chi connectivity index (χ1v) is 8.52. The van der Waals surface area contributed by atoms with Crippen molar-refractivity contribution in [2.45, 2.75) is 11.8 Å². The summed E-state index contributed by atoms with van der Waals surface area (Å²) in [5, 5.41) is 8.33. The summed E-state index contributed by atoms with van der Waals surface area (Å²) in [5.74, 6) is 1.88. The van der Waals surface area contributed by atoms with Crippen LogP contribution >= 0.6 is 11.8 Å². The van der Waals surface area contributed by atoms with E-state index in [1.165, 1.54) is 11.8 Å². The predicted molar refractivity (Wildman–Crippen MR) is 92.2 cm³/mol. The molecule has 8 heteroatoms. The molecule has 0 bridgehead atoms. The summed E-state index contributed by atoms with van der Waals surface area (Å²) in [6, 6.07) is 11.0. The van der Waals surface area contributed by atoms with Gasteiger partial charge in [0.2, 0.25) is 5.91 Å². The van der Waals surface area contributed by atoms with E-state index in [2.05, 4.69) is 10.2 Å². The Balaban J connectivity index is 1.59. The Hall–Kier alpha value is -2.74. The van der Waals surface area contributed by atoms with Crippen molar-refractivity contribution in [1.82, 2.24) is 15.1 Å². The first-order chi connectivity index (χ1) is 12.2. The molecule has 0 radical (unpaired) electrons. The zero-order valence-electron chi connectivity index (χ0n) is 13.8. The normalized spacial score (nSPS) is 10.6. The van der Waals surface area contributed by atoms with Crippen LogP contribution in [0.2, 0.25) is 0 Å². The molecule has 7 nitrogen and oxygen atoms in total. The van der Waals surface area contributed by atoms with Gasteiger partial charge in [-0.1, -0.05) is 23.9 Å². The number of hydrogen-bond acceptors (Lipinski definition) is 7. The Kier molecular flexibility index (Phi) is 5.39. The van der Waals surface area contributed by atoms with Crippen LogP contribution in [0, 0.1) is 0 Å². The van der Waals surface area contributed by atoms with Gasteiger partial charge in [-0.3, -0.25) is 4.79 Å². The molecule has 0 unspecified atom stereocenters. The third kappa shape index (κ3) is 4.21. The van der Waals surface area contributed by atoms with Crippen molar-refractivity contribution < 1.29 is 18.4 Å². The zero-order chi connectivity index (χ0) is 17.6. The fraction of sp³-hybridized carbons (Fsp3) is 0.235. The van der Waals surface area contributed by atoms with E-state index in [0.29, 0.717) is 29.0 Å². The highest BCUT2D eigenvalue weighted by atomic mass is 32.2. The number of nitrogens with zero attached hydrogens (tertiary/aromatic N) is 3. The SMILES string of the molecule is COc1ccccc1-c1nnc(SCC(=O)N(C)Cc2ccco2)o1. The third-order valence-electron chi connectivity index (χ3n) is 3.46. The highest BCUT2D eigenvalue weighted by molar-refractivity contribution is 7.99. The fourth-order valence-electron chi connectivity index (χ4n) is 2.16. The van der Waals surface area contributed by atoms with Crippen molar-refractivity contribution in [3.05, 3.63) is 48.4 Å². The molecule has 25 heavy (non-hydrogen) atoms. The average Bonchev–Trinajstić information content (AvgIpc) is 3.31. The van der Waals surface area contributed by atoms with Gasteiger partial charge in [0.25, 0.3) is 11.1 Å². The highest BCUT2D eigenvalue weighted by Gasteiger charge is 2.16. The summed E-state index contributed by atoms with van der Waals surface area (Å²) in [6.07, 6.45) is 1.58. The number of hydrogen-bond donors (Lipinski definition) is 0. The van der Waals surface area contributed by atoms with Crippen LogP contribution in [0.4, 0.5) is 0 Å². The second kappa shape index (κ2) is 7.89. The van der Waals surface area contributed by atoms with Gasteiger partial charge < -0.3 is 18.5 Å². The summed E-state index contributed by atoms with van der Waals surface area (Å²) >= 11 is 1.20. The molecular formula is C17H17N3O4S. The summed E-state index contributed by atoms with van der Waals surface area (Å²) in [4.78, 5) is 13.8.